The van der Waals surface area contributed by atoms with E-state index in [4.69, 9.17) is 9.47 Å². The van der Waals surface area contributed by atoms with E-state index < -0.39 is 0 Å². The first kappa shape index (κ1) is 26.5. The van der Waals surface area contributed by atoms with E-state index in [1.807, 2.05) is 37.4 Å². The standard InChI is InChI=1S/C30H33N5O4/c1-31-20-10-11-35(17-20)21-6-8-26(23(14-21)24-15-22(36)7-9-28(24)37)34-30-25-16-29(39-3)19(5-4-12-38-2)13-27(25)32-18-33-30/h6-9,13-16,18,20,31H,4-5,10-12,17H2,1-3H3,(H,32,33,34). The topological polar surface area (TPSA) is 106 Å². The van der Waals surface area contributed by atoms with Crippen molar-refractivity contribution in [3.8, 4) is 5.75 Å². The molecule has 0 saturated carbocycles. The third-order valence-corrected chi connectivity index (χ3v) is 7.29. The van der Waals surface area contributed by atoms with Gasteiger partial charge in [-0.15, -0.1) is 0 Å². The number of hydrogen-bond acceptors (Lipinski definition) is 9. The van der Waals surface area contributed by atoms with Gasteiger partial charge in [0, 0.05) is 60.7 Å². The van der Waals surface area contributed by atoms with E-state index in [1.165, 1.54) is 24.6 Å². The predicted octanol–water partition coefficient (Wildman–Crippen LogP) is 3.85. The number of methoxy groups -OCH3 is 2. The Bertz CT molecular complexity index is 1470. The minimum atomic E-state index is -0.212. The molecule has 9 heteroatoms. The molecule has 2 aromatic carbocycles. The van der Waals surface area contributed by atoms with Crippen LogP contribution in [0.2, 0.25) is 0 Å². The number of likely N-dealkylation sites (N-methyl/N-ethyl adjacent to an activating group) is 1. The van der Waals surface area contributed by atoms with E-state index >= 15 is 0 Å². The van der Waals surface area contributed by atoms with Crippen molar-refractivity contribution in [2.75, 3.05) is 51.2 Å². The molecule has 0 amide bonds. The normalized spacial score (nSPS) is 17.2. The maximum atomic E-state index is 12.9. The molecule has 2 N–H and O–H groups in total. The van der Waals surface area contributed by atoms with Crippen molar-refractivity contribution in [3.63, 3.8) is 0 Å². The van der Waals surface area contributed by atoms with E-state index in [2.05, 4.69) is 25.5 Å². The Kier molecular flexibility index (Phi) is 7.99. The molecule has 0 bridgehead atoms. The first-order valence-electron chi connectivity index (χ1n) is 13.1. The fourth-order valence-electron chi connectivity index (χ4n) is 5.16. The average Bonchev–Trinajstić information content (AvgIpc) is 3.44. The number of carbonyl (C=O) groups is 2. The SMILES string of the molecule is CNC1CCN(c2ccc(Nc3ncnc4cc(CCCOC)c(OC)cc34)c(C3=CC(=O)C=CC3=O)c2)C1. The average molecular weight is 528 g/mol. The van der Waals surface area contributed by atoms with Crippen LogP contribution < -0.4 is 20.3 Å². The van der Waals surface area contributed by atoms with Crippen molar-refractivity contribution in [1.29, 1.82) is 0 Å². The van der Waals surface area contributed by atoms with Gasteiger partial charge in [0.1, 0.15) is 17.9 Å². The van der Waals surface area contributed by atoms with E-state index in [1.54, 1.807) is 14.2 Å². The second-order valence-electron chi connectivity index (χ2n) is 9.73. The molecule has 3 aromatic rings. The minimum absolute atomic E-state index is 0.209. The van der Waals surface area contributed by atoms with Crippen molar-refractivity contribution in [2.24, 2.45) is 0 Å². The molecule has 1 saturated heterocycles. The van der Waals surface area contributed by atoms with Crippen LogP contribution in [0.15, 0.2) is 54.9 Å². The highest BCUT2D eigenvalue weighted by Gasteiger charge is 2.24. The van der Waals surface area contributed by atoms with Gasteiger partial charge in [-0.3, -0.25) is 9.59 Å². The molecule has 5 rings (SSSR count). The van der Waals surface area contributed by atoms with Gasteiger partial charge in [-0.05, 0) is 80.4 Å². The van der Waals surface area contributed by atoms with E-state index in [9.17, 15) is 9.59 Å². The molecule has 2 heterocycles. The van der Waals surface area contributed by atoms with Gasteiger partial charge in [-0.2, -0.15) is 0 Å². The highest BCUT2D eigenvalue weighted by atomic mass is 16.5. The van der Waals surface area contributed by atoms with Crippen LogP contribution in [-0.4, -0.2) is 68.5 Å². The maximum absolute atomic E-state index is 12.9. The van der Waals surface area contributed by atoms with Crippen molar-refractivity contribution in [1.82, 2.24) is 15.3 Å². The molecule has 39 heavy (non-hydrogen) atoms. The molecule has 0 radical (unpaired) electrons. The fourth-order valence-corrected chi connectivity index (χ4v) is 5.16. The lowest BCUT2D eigenvalue weighted by Gasteiger charge is -2.22. The molecule has 1 aliphatic heterocycles. The van der Waals surface area contributed by atoms with Gasteiger partial charge < -0.3 is 25.0 Å². The molecular formula is C30H33N5O4. The third kappa shape index (κ3) is 5.69. The summed E-state index contributed by atoms with van der Waals surface area (Å²) in [5.41, 5.74) is 4.50. The Morgan fingerprint density at radius 1 is 1.10 bits per heavy atom. The Hall–Kier alpha value is -4.08. The number of anilines is 3. The maximum Gasteiger partial charge on any atom is 0.186 e. The van der Waals surface area contributed by atoms with Gasteiger partial charge >= 0.3 is 0 Å². The summed E-state index contributed by atoms with van der Waals surface area (Å²) in [6.07, 6.45) is 8.26. The van der Waals surface area contributed by atoms with E-state index in [0.717, 1.165) is 60.3 Å². The molecule has 1 unspecified atom stereocenters. The summed E-state index contributed by atoms with van der Waals surface area (Å²) in [6, 6.07) is 10.3. The second kappa shape index (κ2) is 11.8. The number of carbonyl (C=O) groups excluding carboxylic acids is 2. The molecule has 1 aliphatic carbocycles. The molecule has 9 nitrogen and oxygen atoms in total. The first-order valence-corrected chi connectivity index (χ1v) is 13.1. The fraction of sp³-hybridized carbons (Fsp3) is 0.333. The van der Waals surface area contributed by atoms with Gasteiger partial charge in [-0.1, -0.05) is 0 Å². The summed E-state index contributed by atoms with van der Waals surface area (Å²) in [5, 5.41) is 7.55. The van der Waals surface area contributed by atoms with Crippen molar-refractivity contribution < 1.29 is 19.1 Å². The molecule has 1 fully saturated rings. The summed E-state index contributed by atoms with van der Waals surface area (Å²) in [7, 11) is 5.31. The van der Waals surface area contributed by atoms with Crippen LogP contribution in [-0.2, 0) is 20.7 Å². The predicted molar refractivity (Wildman–Crippen MR) is 153 cm³/mol. The molecule has 2 aliphatic rings. The summed E-state index contributed by atoms with van der Waals surface area (Å²) < 4.78 is 10.9. The van der Waals surface area contributed by atoms with E-state index in [-0.39, 0.29) is 11.6 Å². The monoisotopic (exact) mass is 527 g/mol. The van der Waals surface area contributed by atoms with Crippen LogP contribution in [0.1, 0.15) is 24.0 Å². The summed E-state index contributed by atoms with van der Waals surface area (Å²) in [4.78, 5) is 36.5. The van der Waals surface area contributed by atoms with Gasteiger partial charge in [0.05, 0.1) is 12.6 Å². The lowest BCUT2D eigenvalue weighted by Crippen LogP contribution is -2.29. The highest BCUT2D eigenvalue weighted by molar-refractivity contribution is 6.34. The number of ketones is 2. The quantitative estimate of drug-likeness (QED) is 0.300. The molecule has 0 spiro atoms. The minimum Gasteiger partial charge on any atom is -0.496 e. The molecule has 1 aromatic heterocycles. The Balaban J connectivity index is 1.55. The molecule has 1 atom stereocenters. The van der Waals surface area contributed by atoms with Gasteiger partial charge in [0.25, 0.3) is 0 Å². The lowest BCUT2D eigenvalue weighted by molar-refractivity contribution is -0.113. The zero-order valence-corrected chi connectivity index (χ0v) is 22.5. The molecule has 202 valence electrons. The lowest BCUT2D eigenvalue weighted by atomic mass is 9.94. The van der Waals surface area contributed by atoms with Gasteiger partial charge in [-0.25, -0.2) is 9.97 Å². The van der Waals surface area contributed by atoms with Gasteiger partial charge in [0.2, 0.25) is 0 Å². The van der Waals surface area contributed by atoms with Crippen LogP contribution in [0.25, 0.3) is 16.5 Å². The number of aromatic nitrogens is 2. The Morgan fingerprint density at radius 2 is 1.97 bits per heavy atom. The number of rotatable bonds is 10. The smallest absolute Gasteiger partial charge is 0.186 e. The van der Waals surface area contributed by atoms with E-state index in [0.29, 0.717) is 35.3 Å². The van der Waals surface area contributed by atoms with Crippen LogP contribution >= 0.6 is 0 Å². The number of allylic oxidation sites excluding steroid dienone is 4. The summed E-state index contributed by atoms with van der Waals surface area (Å²) in [5.74, 6) is 0.911. The van der Waals surface area contributed by atoms with Crippen LogP contribution in [0.4, 0.5) is 17.2 Å². The van der Waals surface area contributed by atoms with Crippen molar-refractivity contribution in [2.45, 2.75) is 25.3 Å². The van der Waals surface area contributed by atoms with Crippen LogP contribution in [0, 0.1) is 0 Å². The van der Waals surface area contributed by atoms with Crippen molar-refractivity contribution >= 4 is 45.2 Å². The number of nitrogens with zero attached hydrogens (tertiary/aromatic N) is 3. The third-order valence-electron chi connectivity index (χ3n) is 7.29. The summed E-state index contributed by atoms with van der Waals surface area (Å²) in [6.45, 7) is 2.44. The number of fused-ring (bicyclic) bond motifs is 1. The second-order valence-corrected chi connectivity index (χ2v) is 9.73. The number of aryl methyl sites for hydroxylation is 1. The van der Waals surface area contributed by atoms with Crippen LogP contribution in [0.3, 0.4) is 0 Å². The first-order chi connectivity index (χ1) is 19.0. The molecular weight excluding hydrogens is 494 g/mol. The Labute approximate surface area is 227 Å². The van der Waals surface area contributed by atoms with Crippen LogP contribution in [0.5, 0.6) is 5.75 Å². The highest BCUT2D eigenvalue weighted by Crippen LogP contribution is 2.36. The number of ether oxygens (including phenoxy) is 2. The number of hydrogen-bond donors (Lipinski definition) is 2. The van der Waals surface area contributed by atoms with Gasteiger partial charge in [0.15, 0.2) is 11.6 Å². The Morgan fingerprint density at radius 3 is 2.74 bits per heavy atom. The zero-order valence-electron chi connectivity index (χ0n) is 22.5. The number of nitrogens with one attached hydrogen (secondary N) is 2. The number of benzene rings is 2. The summed E-state index contributed by atoms with van der Waals surface area (Å²) >= 11 is 0. The zero-order chi connectivity index (χ0) is 27.4. The largest absolute Gasteiger partial charge is 0.496 e. The van der Waals surface area contributed by atoms with Crippen molar-refractivity contribution in [3.05, 3.63) is 66.0 Å².